The van der Waals surface area contributed by atoms with Crippen LogP contribution in [0.2, 0.25) is 0 Å². The van der Waals surface area contributed by atoms with Gasteiger partial charge in [0.25, 0.3) is 5.91 Å². The van der Waals surface area contributed by atoms with Crippen molar-refractivity contribution in [2.24, 2.45) is 4.40 Å². The highest BCUT2D eigenvalue weighted by Gasteiger charge is 2.37. The zero-order valence-corrected chi connectivity index (χ0v) is 16.7. The Kier molecular flexibility index (Phi) is 5.37. The summed E-state index contributed by atoms with van der Waals surface area (Å²) in [7, 11) is -3.53. The van der Waals surface area contributed by atoms with Crippen molar-refractivity contribution in [2.75, 3.05) is 26.0 Å². The molecule has 1 aliphatic carbocycles. The van der Waals surface area contributed by atoms with Crippen molar-refractivity contribution in [3.63, 3.8) is 0 Å². The van der Waals surface area contributed by atoms with Gasteiger partial charge in [0.2, 0.25) is 10.0 Å². The molecule has 0 radical (unpaired) electrons. The van der Waals surface area contributed by atoms with E-state index in [2.05, 4.69) is 9.38 Å². The first-order valence-electron chi connectivity index (χ1n) is 9.67. The van der Waals surface area contributed by atoms with Gasteiger partial charge < -0.3 is 14.4 Å². The van der Waals surface area contributed by atoms with Crippen LogP contribution in [0, 0.1) is 0 Å². The van der Waals surface area contributed by atoms with Crippen LogP contribution in [0.1, 0.15) is 43.6 Å². The van der Waals surface area contributed by atoms with Gasteiger partial charge >= 0.3 is 0 Å². The number of fused-ring (bicyclic) bond motifs is 5. The first-order valence-corrected chi connectivity index (χ1v) is 11.5. The summed E-state index contributed by atoms with van der Waals surface area (Å²) in [5, 5.41) is 0. The minimum Gasteiger partial charge on any atom is -0.483 e. The number of aromatic nitrogens is 1. The van der Waals surface area contributed by atoms with E-state index in [4.69, 9.17) is 9.47 Å². The standard InChI is InChI=1S/C19H25N3O5S/c1-28(24,25)21-16-7-9-22-17(16)11-26-14-4-2-13(3-5-14)15-10-20-8-6-18(15)27-12-19(22)23/h6,8,10,13-14,17H,2-5,7,9,11-12H2,1H3/b21-16+/t13?,14?,17-/m0/s1. The van der Waals surface area contributed by atoms with Gasteiger partial charge in [-0.2, -0.15) is 4.40 Å². The summed E-state index contributed by atoms with van der Waals surface area (Å²) < 4.78 is 39.2. The van der Waals surface area contributed by atoms with Gasteiger partial charge in [-0.05, 0) is 37.7 Å². The molecule has 28 heavy (non-hydrogen) atoms. The van der Waals surface area contributed by atoms with Crippen molar-refractivity contribution in [3.8, 4) is 5.75 Å². The summed E-state index contributed by atoms with van der Waals surface area (Å²) in [6.07, 6.45) is 8.89. The zero-order chi connectivity index (χ0) is 19.7. The summed E-state index contributed by atoms with van der Waals surface area (Å²) in [5.74, 6) is 0.857. The number of rotatable bonds is 1. The second-order valence-corrected chi connectivity index (χ2v) is 9.33. The quantitative estimate of drug-likeness (QED) is 0.700. The molecule has 1 amide bonds. The van der Waals surface area contributed by atoms with Crippen LogP contribution in [0.5, 0.6) is 5.75 Å². The van der Waals surface area contributed by atoms with E-state index >= 15 is 0 Å². The average Bonchev–Trinajstić information content (AvgIpc) is 3.05. The smallest absolute Gasteiger partial charge is 0.261 e. The van der Waals surface area contributed by atoms with E-state index in [1.165, 1.54) is 0 Å². The Balaban J connectivity index is 1.64. The van der Waals surface area contributed by atoms with Crippen LogP contribution in [0.25, 0.3) is 0 Å². The highest BCUT2D eigenvalue weighted by atomic mass is 32.2. The van der Waals surface area contributed by atoms with Crippen molar-refractivity contribution in [1.29, 1.82) is 0 Å². The topological polar surface area (TPSA) is 98.2 Å². The lowest BCUT2D eigenvalue weighted by Gasteiger charge is -2.30. The summed E-state index contributed by atoms with van der Waals surface area (Å²) in [4.78, 5) is 18.7. The highest BCUT2D eigenvalue weighted by Crippen LogP contribution is 2.38. The summed E-state index contributed by atoms with van der Waals surface area (Å²) in [5.41, 5.74) is 1.54. The zero-order valence-electron chi connectivity index (χ0n) is 15.9. The molecule has 0 aromatic carbocycles. The normalized spacial score (nSPS) is 30.0. The second-order valence-electron chi connectivity index (χ2n) is 7.68. The van der Waals surface area contributed by atoms with Gasteiger partial charge in [-0.15, -0.1) is 0 Å². The Morgan fingerprint density at radius 3 is 2.79 bits per heavy atom. The number of pyridine rings is 1. The third kappa shape index (κ3) is 4.20. The summed E-state index contributed by atoms with van der Waals surface area (Å²) in [6.45, 7) is 0.584. The molecule has 0 spiro atoms. The summed E-state index contributed by atoms with van der Waals surface area (Å²) in [6, 6.07) is 1.35. The van der Waals surface area contributed by atoms with Crippen molar-refractivity contribution >= 4 is 21.6 Å². The third-order valence-electron chi connectivity index (χ3n) is 5.74. The molecule has 4 heterocycles. The number of amides is 1. The fourth-order valence-electron chi connectivity index (χ4n) is 4.36. The van der Waals surface area contributed by atoms with Crippen molar-refractivity contribution < 1.29 is 22.7 Å². The fourth-order valence-corrected chi connectivity index (χ4v) is 5.00. The molecular formula is C19H25N3O5S. The Morgan fingerprint density at radius 2 is 2.04 bits per heavy atom. The van der Waals surface area contributed by atoms with Gasteiger partial charge in [0.1, 0.15) is 5.75 Å². The first-order chi connectivity index (χ1) is 13.4. The van der Waals surface area contributed by atoms with Gasteiger partial charge in [-0.25, -0.2) is 8.42 Å². The molecule has 5 rings (SSSR count). The SMILES string of the molecule is CS(=O)(=O)/N=C1\CCN2C(=O)COc3ccncc3C3CCC(CC3)OC[C@@H]12. The molecule has 9 heteroatoms. The molecule has 1 aromatic rings. The Bertz CT molecular complexity index is 877. The molecule has 8 nitrogen and oxygen atoms in total. The molecule has 2 bridgehead atoms. The van der Waals surface area contributed by atoms with E-state index in [1.54, 1.807) is 11.1 Å². The minimum absolute atomic E-state index is 0.101. The van der Waals surface area contributed by atoms with Crippen LogP contribution < -0.4 is 4.74 Å². The molecule has 1 saturated heterocycles. The van der Waals surface area contributed by atoms with E-state index in [0.29, 0.717) is 30.3 Å². The van der Waals surface area contributed by atoms with E-state index in [0.717, 1.165) is 37.5 Å². The maximum Gasteiger partial charge on any atom is 0.261 e. The van der Waals surface area contributed by atoms with Crippen LogP contribution in [0.15, 0.2) is 22.9 Å². The van der Waals surface area contributed by atoms with Gasteiger partial charge in [0, 0.05) is 30.9 Å². The van der Waals surface area contributed by atoms with Crippen LogP contribution in [-0.4, -0.2) is 68.1 Å². The first kappa shape index (κ1) is 19.3. The van der Waals surface area contributed by atoms with Crippen LogP contribution >= 0.6 is 0 Å². The van der Waals surface area contributed by atoms with E-state index in [9.17, 15) is 13.2 Å². The van der Waals surface area contributed by atoms with Crippen molar-refractivity contribution in [3.05, 3.63) is 24.0 Å². The fraction of sp³-hybridized carbons (Fsp3) is 0.632. The lowest BCUT2D eigenvalue weighted by molar-refractivity contribution is -0.135. The molecule has 4 aliphatic rings. The molecule has 0 N–H and O–H groups in total. The number of sulfonamides is 1. The second kappa shape index (κ2) is 7.79. The predicted octanol–water partition coefficient (Wildman–Crippen LogP) is 1.52. The predicted molar refractivity (Wildman–Crippen MR) is 103 cm³/mol. The number of carbonyl (C=O) groups excluding carboxylic acids is 1. The van der Waals surface area contributed by atoms with Crippen molar-refractivity contribution in [1.82, 2.24) is 9.88 Å². The van der Waals surface area contributed by atoms with Gasteiger partial charge in [0.15, 0.2) is 6.61 Å². The van der Waals surface area contributed by atoms with Crippen LogP contribution in [0.4, 0.5) is 0 Å². The highest BCUT2D eigenvalue weighted by molar-refractivity contribution is 7.89. The Labute approximate surface area is 165 Å². The lowest BCUT2D eigenvalue weighted by Crippen LogP contribution is -2.44. The largest absolute Gasteiger partial charge is 0.483 e. The Hall–Kier alpha value is -2.00. The molecule has 2 fully saturated rings. The monoisotopic (exact) mass is 407 g/mol. The van der Waals surface area contributed by atoms with Crippen molar-refractivity contribution in [2.45, 2.75) is 50.2 Å². The van der Waals surface area contributed by atoms with E-state index in [-0.39, 0.29) is 25.2 Å². The van der Waals surface area contributed by atoms with Crippen LogP contribution in [-0.2, 0) is 19.6 Å². The molecule has 1 aromatic heterocycles. The number of hydrogen-bond donors (Lipinski definition) is 0. The minimum atomic E-state index is -3.53. The molecule has 152 valence electrons. The molecule has 1 atom stereocenters. The number of hydrogen-bond acceptors (Lipinski definition) is 6. The Morgan fingerprint density at radius 1 is 1.25 bits per heavy atom. The van der Waals surface area contributed by atoms with Gasteiger partial charge in [-0.1, -0.05) is 0 Å². The average molecular weight is 407 g/mol. The van der Waals surface area contributed by atoms with E-state index in [1.807, 2.05) is 12.3 Å². The molecule has 0 unspecified atom stereocenters. The number of ether oxygens (including phenoxy) is 2. The summed E-state index contributed by atoms with van der Waals surface area (Å²) >= 11 is 0. The lowest BCUT2D eigenvalue weighted by atomic mass is 9.83. The molecule has 3 aliphatic heterocycles. The van der Waals surface area contributed by atoms with Crippen LogP contribution in [0.3, 0.4) is 0 Å². The number of carbonyl (C=O) groups is 1. The maximum absolute atomic E-state index is 12.8. The molecule has 1 saturated carbocycles. The van der Waals surface area contributed by atoms with Gasteiger partial charge in [-0.3, -0.25) is 9.78 Å². The van der Waals surface area contributed by atoms with E-state index < -0.39 is 16.1 Å². The van der Waals surface area contributed by atoms with Gasteiger partial charge in [0.05, 0.1) is 30.7 Å². The third-order valence-corrected chi connectivity index (χ3v) is 6.30. The number of nitrogens with zero attached hydrogens (tertiary/aromatic N) is 3. The molecular weight excluding hydrogens is 382 g/mol. The maximum atomic E-state index is 12.8.